The minimum absolute atomic E-state index is 0. The Morgan fingerprint density at radius 2 is 1.83 bits per heavy atom. The molecule has 1 unspecified atom stereocenters. The van der Waals surface area contributed by atoms with Gasteiger partial charge in [-0.3, -0.25) is 9.59 Å². The summed E-state index contributed by atoms with van der Waals surface area (Å²) in [5, 5.41) is 5.56. The number of carbonyl (C=O) groups is 2. The number of nitrogens with zero attached hydrogens (tertiary/aromatic N) is 1. The van der Waals surface area contributed by atoms with Crippen molar-refractivity contribution in [2.24, 2.45) is 5.73 Å². The van der Waals surface area contributed by atoms with Crippen molar-refractivity contribution in [3.05, 3.63) is 29.8 Å². The molecule has 1 rings (SSSR count). The van der Waals surface area contributed by atoms with Crippen LogP contribution in [0.15, 0.2) is 24.3 Å². The van der Waals surface area contributed by atoms with Crippen LogP contribution in [-0.2, 0) is 4.79 Å². The first-order valence-electron chi connectivity index (χ1n) is 7.65. The van der Waals surface area contributed by atoms with Crippen molar-refractivity contribution in [2.45, 2.75) is 26.8 Å². The van der Waals surface area contributed by atoms with E-state index in [0.717, 1.165) is 19.6 Å². The molecule has 24 heavy (non-hydrogen) atoms. The molecule has 2 amide bonds. The van der Waals surface area contributed by atoms with E-state index in [1.807, 2.05) is 0 Å². The number of amides is 2. The predicted octanol–water partition coefficient (Wildman–Crippen LogP) is 1.89. The van der Waals surface area contributed by atoms with Crippen molar-refractivity contribution in [3.8, 4) is 0 Å². The zero-order chi connectivity index (χ0) is 16.5. The van der Waals surface area contributed by atoms with Crippen LogP contribution in [0.1, 0.15) is 31.1 Å². The van der Waals surface area contributed by atoms with Gasteiger partial charge in [0.1, 0.15) is 0 Å². The van der Waals surface area contributed by atoms with Crippen LogP contribution in [0.3, 0.4) is 0 Å². The summed E-state index contributed by atoms with van der Waals surface area (Å²) < 4.78 is 0. The Morgan fingerprint density at radius 1 is 1.21 bits per heavy atom. The van der Waals surface area contributed by atoms with E-state index < -0.39 is 6.04 Å². The molecule has 0 aliphatic heterocycles. The van der Waals surface area contributed by atoms with E-state index >= 15 is 0 Å². The number of hydrogen-bond acceptors (Lipinski definition) is 4. The molecule has 0 spiro atoms. The second-order valence-corrected chi connectivity index (χ2v) is 5.14. The van der Waals surface area contributed by atoms with Crippen molar-refractivity contribution in [2.75, 3.05) is 31.5 Å². The quantitative estimate of drug-likeness (QED) is 0.644. The monoisotopic (exact) mass is 378 g/mol. The van der Waals surface area contributed by atoms with Gasteiger partial charge in [-0.2, -0.15) is 0 Å². The first kappa shape index (κ1) is 24.9. The first-order chi connectivity index (χ1) is 10.5. The highest BCUT2D eigenvalue weighted by molar-refractivity contribution is 5.98. The van der Waals surface area contributed by atoms with E-state index in [2.05, 4.69) is 29.4 Å². The Hall–Kier alpha value is -1.34. The van der Waals surface area contributed by atoms with E-state index in [1.54, 1.807) is 31.2 Å². The normalized spacial score (nSPS) is 11.0. The third-order valence-electron chi connectivity index (χ3n) is 3.41. The Balaban J connectivity index is 0. The number of likely N-dealkylation sites (N-methyl/N-ethyl adjacent to an activating group) is 1. The lowest BCUT2D eigenvalue weighted by molar-refractivity contribution is -0.117. The van der Waals surface area contributed by atoms with Crippen molar-refractivity contribution >= 4 is 42.3 Å². The van der Waals surface area contributed by atoms with Gasteiger partial charge in [-0.25, -0.2) is 0 Å². The molecule has 4 N–H and O–H groups in total. The Labute approximate surface area is 156 Å². The smallest absolute Gasteiger partial charge is 0.251 e. The van der Waals surface area contributed by atoms with Gasteiger partial charge in [-0.15, -0.1) is 24.8 Å². The maximum absolute atomic E-state index is 12.1. The maximum Gasteiger partial charge on any atom is 0.251 e. The summed E-state index contributed by atoms with van der Waals surface area (Å²) in [6.45, 7) is 9.14. The molecule has 0 saturated heterocycles. The SMILES string of the molecule is CCN(CC)CCNC(=O)c1cccc(NC(=O)C(C)N)c1.Cl.Cl. The van der Waals surface area contributed by atoms with Crippen molar-refractivity contribution < 1.29 is 9.59 Å². The topological polar surface area (TPSA) is 87.5 Å². The highest BCUT2D eigenvalue weighted by Crippen LogP contribution is 2.10. The molecule has 0 radical (unpaired) electrons. The summed E-state index contributed by atoms with van der Waals surface area (Å²) in [5.41, 5.74) is 6.59. The minimum Gasteiger partial charge on any atom is -0.351 e. The number of rotatable bonds is 8. The average molecular weight is 379 g/mol. The summed E-state index contributed by atoms with van der Waals surface area (Å²) in [4.78, 5) is 25.9. The fourth-order valence-corrected chi connectivity index (χ4v) is 1.96. The summed E-state index contributed by atoms with van der Waals surface area (Å²) in [6.07, 6.45) is 0. The lowest BCUT2D eigenvalue weighted by Gasteiger charge is -2.18. The van der Waals surface area contributed by atoms with Gasteiger partial charge in [0.15, 0.2) is 0 Å². The molecule has 0 aliphatic rings. The molecule has 6 nitrogen and oxygen atoms in total. The third-order valence-corrected chi connectivity index (χ3v) is 3.41. The Morgan fingerprint density at radius 3 is 2.38 bits per heavy atom. The molecule has 0 fully saturated rings. The fourth-order valence-electron chi connectivity index (χ4n) is 1.96. The van der Waals surface area contributed by atoms with Gasteiger partial charge in [0.05, 0.1) is 6.04 Å². The summed E-state index contributed by atoms with van der Waals surface area (Å²) in [6, 6.07) is 6.23. The van der Waals surface area contributed by atoms with E-state index in [-0.39, 0.29) is 36.6 Å². The van der Waals surface area contributed by atoms with E-state index in [9.17, 15) is 9.59 Å². The van der Waals surface area contributed by atoms with Crippen LogP contribution in [0.25, 0.3) is 0 Å². The third kappa shape index (κ3) is 8.49. The van der Waals surface area contributed by atoms with E-state index in [0.29, 0.717) is 17.8 Å². The molecule has 0 aromatic heterocycles. The molecule has 1 atom stereocenters. The van der Waals surface area contributed by atoms with Crippen LogP contribution in [0.4, 0.5) is 5.69 Å². The molecular weight excluding hydrogens is 351 g/mol. The molecule has 0 heterocycles. The van der Waals surface area contributed by atoms with Gasteiger partial charge in [0.2, 0.25) is 5.91 Å². The predicted molar refractivity (Wildman–Crippen MR) is 103 cm³/mol. The maximum atomic E-state index is 12.1. The lowest BCUT2D eigenvalue weighted by atomic mass is 10.2. The lowest BCUT2D eigenvalue weighted by Crippen LogP contribution is -2.35. The van der Waals surface area contributed by atoms with Crippen LogP contribution in [0.2, 0.25) is 0 Å². The Kier molecular flexibility index (Phi) is 13.5. The summed E-state index contributed by atoms with van der Waals surface area (Å²) in [5.74, 6) is -0.428. The number of benzene rings is 1. The van der Waals surface area contributed by atoms with E-state index in [4.69, 9.17) is 5.73 Å². The Bertz CT molecular complexity index is 509. The van der Waals surface area contributed by atoms with Crippen molar-refractivity contribution in [3.63, 3.8) is 0 Å². The summed E-state index contributed by atoms with van der Waals surface area (Å²) >= 11 is 0. The highest BCUT2D eigenvalue weighted by atomic mass is 35.5. The zero-order valence-corrected chi connectivity index (χ0v) is 16.0. The molecule has 138 valence electrons. The first-order valence-corrected chi connectivity index (χ1v) is 7.65. The van der Waals surface area contributed by atoms with Gasteiger partial charge in [-0.05, 0) is 38.2 Å². The van der Waals surface area contributed by atoms with Crippen LogP contribution in [-0.4, -0.2) is 48.9 Å². The molecule has 1 aromatic rings. The fraction of sp³-hybridized carbons (Fsp3) is 0.500. The van der Waals surface area contributed by atoms with Crippen LogP contribution in [0.5, 0.6) is 0 Å². The van der Waals surface area contributed by atoms with Crippen molar-refractivity contribution in [1.29, 1.82) is 0 Å². The van der Waals surface area contributed by atoms with Gasteiger partial charge in [-0.1, -0.05) is 19.9 Å². The van der Waals surface area contributed by atoms with Gasteiger partial charge >= 0.3 is 0 Å². The second-order valence-electron chi connectivity index (χ2n) is 5.14. The number of hydrogen-bond donors (Lipinski definition) is 3. The molecule has 8 heteroatoms. The van der Waals surface area contributed by atoms with Crippen LogP contribution in [0, 0.1) is 0 Å². The number of halogens is 2. The number of anilines is 1. The minimum atomic E-state index is -0.591. The van der Waals surface area contributed by atoms with Crippen molar-refractivity contribution in [1.82, 2.24) is 10.2 Å². The molecule has 0 saturated carbocycles. The molecule has 0 aliphatic carbocycles. The standard InChI is InChI=1S/C16H26N4O2.2ClH/c1-4-20(5-2)10-9-18-16(22)13-7-6-8-14(11-13)19-15(21)12(3)17;;/h6-8,11-12H,4-5,9-10,17H2,1-3H3,(H,18,22)(H,19,21);2*1H. The van der Waals surface area contributed by atoms with Crippen LogP contribution >= 0.6 is 24.8 Å². The largest absolute Gasteiger partial charge is 0.351 e. The van der Waals surface area contributed by atoms with Gasteiger partial charge in [0.25, 0.3) is 5.91 Å². The second kappa shape index (κ2) is 13.0. The average Bonchev–Trinajstić information content (AvgIpc) is 2.51. The number of nitrogens with one attached hydrogen (secondary N) is 2. The molecular formula is C16H28Cl2N4O2. The van der Waals surface area contributed by atoms with Gasteiger partial charge in [0, 0.05) is 24.3 Å². The number of carbonyl (C=O) groups excluding carboxylic acids is 2. The van der Waals surface area contributed by atoms with E-state index in [1.165, 1.54) is 0 Å². The van der Waals surface area contributed by atoms with Gasteiger partial charge < -0.3 is 21.3 Å². The zero-order valence-electron chi connectivity index (χ0n) is 14.4. The molecule has 0 bridgehead atoms. The highest BCUT2D eigenvalue weighted by Gasteiger charge is 2.10. The molecule has 1 aromatic carbocycles. The number of nitrogens with two attached hydrogens (primary N) is 1. The van der Waals surface area contributed by atoms with Crippen LogP contribution < -0.4 is 16.4 Å². The summed E-state index contributed by atoms with van der Waals surface area (Å²) in [7, 11) is 0.